The number of ether oxygens (including phenoxy) is 5. The number of hydrogen-bond donors (Lipinski definition) is 4. The Labute approximate surface area is 247 Å². The highest BCUT2D eigenvalue weighted by atomic mass is 16.6. The van der Waals surface area contributed by atoms with Gasteiger partial charge in [-0.3, -0.25) is 14.9 Å². The molecule has 0 unspecified atom stereocenters. The van der Waals surface area contributed by atoms with Crippen LogP contribution in [0.3, 0.4) is 0 Å². The van der Waals surface area contributed by atoms with Crippen LogP contribution in [0.5, 0.6) is 0 Å². The van der Waals surface area contributed by atoms with Crippen molar-refractivity contribution in [2.24, 2.45) is 5.73 Å². The first-order valence-electron chi connectivity index (χ1n) is 14.4. The predicted octanol–water partition coefficient (Wildman–Crippen LogP) is 3.01. The molecule has 0 radical (unpaired) electrons. The van der Waals surface area contributed by atoms with Gasteiger partial charge in [0.1, 0.15) is 17.9 Å². The minimum Gasteiger partial charge on any atom is -0.444 e. The monoisotopic (exact) mass is 590 g/mol. The molecule has 0 aliphatic heterocycles. The molecule has 0 fully saturated rings. The molecule has 0 rings (SSSR count). The number of amides is 3. The van der Waals surface area contributed by atoms with E-state index in [1.807, 2.05) is 41.5 Å². The SMILES string of the molecule is CC(C)(C)OC(=O)NC(C)(C)OCCC(C)(C)OCC(=O)NCC(=O)NCCC(C)(C)OCCC(C)(C)OCCN. The Balaban J connectivity index is 4.23. The van der Waals surface area contributed by atoms with Gasteiger partial charge < -0.3 is 40.1 Å². The summed E-state index contributed by atoms with van der Waals surface area (Å²) >= 11 is 0. The first-order chi connectivity index (χ1) is 18.6. The van der Waals surface area contributed by atoms with Crippen molar-refractivity contribution in [2.45, 2.75) is 124 Å². The Bertz CT molecular complexity index is 807. The van der Waals surface area contributed by atoms with Gasteiger partial charge in [-0.15, -0.1) is 0 Å². The van der Waals surface area contributed by atoms with Crippen LogP contribution in [0.25, 0.3) is 0 Å². The molecule has 0 heterocycles. The fraction of sp³-hybridized carbons (Fsp3) is 0.897. The van der Waals surface area contributed by atoms with E-state index in [2.05, 4.69) is 16.0 Å². The number of nitrogens with two attached hydrogens (primary N) is 1. The molecule has 0 saturated heterocycles. The number of rotatable bonds is 20. The van der Waals surface area contributed by atoms with E-state index in [-0.39, 0.29) is 31.3 Å². The van der Waals surface area contributed by atoms with Crippen molar-refractivity contribution < 1.29 is 38.1 Å². The Morgan fingerprint density at radius 2 is 1.15 bits per heavy atom. The van der Waals surface area contributed by atoms with Crippen molar-refractivity contribution in [1.82, 2.24) is 16.0 Å². The van der Waals surface area contributed by atoms with Crippen molar-refractivity contribution in [2.75, 3.05) is 46.1 Å². The predicted molar refractivity (Wildman–Crippen MR) is 158 cm³/mol. The van der Waals surface area contributed by atoms with Crippen LogP contribution in [0.2, 0.25) is 0 Å². The van der Waals surface area contributed by atoms with Crippen LogP contribution in [-0.2, 0) is 33.3 Å². The summed E-state index contributed by atoms with van der Waals surface area (Å²) < 4.78 is 28.5. The van der Waals surface area contributed by atoms with E-state index in [0.717, 1.165) is 6.42 Å². The van der Waals surface area contributed by atoms with Gasteiger partial charge in [0.05, 0.1) is 43.2 Å². The van der Waals surface area contributed by atoms with Gasteiger partial charge in [0, 0.05) is 13.1 Å². The maximum absolute atomic E-state index is 12.2. The molecular formula is C29H58N4O8. The Hall–Kier alpha value is -1.99. The third kappa shape index (κ3) is 22.3. The van der Waals surface area contributed by atoms with Gasteiger partial charge >= 0.3 is 6.09 Å². The Morgan fingerprint density at radius 3 is 1.71 bits per heavy atom. The normalized spacial score (nSPS) is 13.1. The zero-order valence-corrected chi connectivity index (χ0v) is 27.4. The van der Waals surface area contributed by atoms with E-state index < -0.39 is 34.5 Å². The van der Waals surface area contributed by atoms with E-state index in [0.29, 0.717) is 39.1 Å². The third-order valence-corrected chi connectivity index (χ3v) is 5.87. The van der Waals surface area contributed by atoms with Crippen LogP contribution in [0.4, 0.5) is 4.79 Å². The lowest BCUT2D eigenvalue weighted by Gasteiger charge is -2.31. The zero-order chi connectivity index (χ0) is 32.0. The Kier molecular flexibility index (Phi) is 16.4. The summed E-state index contributed by atoms with van der Waals surface area (Å²) in [7, 11) is 0. The van der Waals surface area contributed by atoms with Crippen LogP contribution in [0.1, 0.15) is 95.4 Å². The molecule has 0 aromatic heterocycles. The van der Waals surface area contributed by atoms with E-state index in [1.165, 1.54) is 0 Å². The lowest BCUT2D eigenvalue weighted by atomic mass is 10.0. The summed E-state index contributed by atoms with van der Waals surface area (Å²) in [5, 5.41) is 8.05. The molecule has 0 saturated carbocycles. The van der Waals surface area contributed by atoms with E-state index in [9.17, 15) is 14.4 Å². The Morgan fingerprint density at radius 1 is 0.634 bits per heavy atom. The second-order valence-corrected chi connectivity index (χ2v) is 13.4. The molecule has 242 valence electrons. The molecule has 0 spiro atoms. The summed E-state index contributed by atoms with van der Waals surface area (Å²) in [5.74, 6) is -0.693. The molecule has 12 nitrogen and oxygen atoms in total. The molecule has 0 bridgehead atoms. The molecule has 3 amide bonds. The number of nitrogens with one attached hydrogen (secondary N) is 3. The summed E-state index contributed by atoms with van der Waals surface area (Å²) in [6.07, 6.45) is 1.24. The molecule has 5 N–H and O–H groups in total. The first-order valence-corrected chi connectivity index (χ1v) is 14.4. The number of carbonyl (C=O) groups excluding carboxylic acids is 3. The van der Waals surface area contributed by atoms with Crippen LogP contribution in [0.15, 0.2) is 0 Å². The quantitative estimate of drug-likeness (QED) is 0.156. The minimum atomic E-state index is -0.944. The van der Waals surface area contributed by atoms with Crippen molar-refractivity contribution in [3.05, 3.63) is 0 Å². The summed E-state index contributed by atoms with van der Waals surface area (Å²) in [6, 6.07) is 0. The summed E-state index contributed by atoms with van der Waals surface area (Å²) in [5.41, 5.74) is 2.54. The number of alkyl carbamates (subject to hydrolysis) is 1. The van der Waals surface area contributed by atoms with E-state index >= 15 is 0 Å². The van der Waals surface area contributed by atoms with Crippen LogP contribution < -0.4 is 21.7 Å². The van der Waals surface area contributed by atoms with Gasteiger partial charge in [0.2, 0.25) is 11.8 Å². The third-order valence-electron chi connectivity index (χ3n) is 5.87. The highest BCUT2D eigenvalue weighted by Gasteiger charge is 2.27. The topological polar surface area (TPSA) is 159 Å². The average Bonchev–Trinajstić information content (AvgIpc) is 2.77. The van der Waals surface area contributed by atoms with Gasteiger partial charge in [-0.05, 0) is 95.4 Å². The molecule has 12 heteroatoms. The van der Waals surface area contributed by atoms with Gasteiger partial charge in [0.25, 0.3) is 0 Å². The average molecular weight is 591 g/mol. The lowest BCUT2D eigenvalue weighted by molar-refractivity contribution is -0.135. The van der Waals surface area contributed by atoms with Crippen molar-refractivity contribution in [3.8, 4) is 0 Å². The van der Waals surface area contributed by atoms with E-state index in [1.54, 1.807) is 34.6 Å². The maximum atomic E-state index is 12.2. The van der Waals surface area contributed by atoms with Crippen molar-refractivity contribution in [3.63, 3.8) is 0 Å². The van der Waals surface area contributed by atoms with Crippen molar-refractivity contribution in [1.29, 1.82) is 0 Å². The lowest BCUT2D eigenvalue weighted by Crippen LogP contribution is -2.48. The maximum Gasteiger partial charge on any atom is 0.409 e. The largest absolute Gasteiger partial charge is 0.444 e. The molecule has 41 heavy (non-hydrogen) atoms. The minimum absolute atomic E-state index is 0.149. The molecule has 0 aromatic carbocycles. The highest BCUT2D eigenvalue weighted by Crippen LogP contribution is 2.19. The fourth-order valence-electron chi connectivity index (χ4n) is 3.32. The second-order valence-electron chi connectivity index (χ2n) is 13.4. The number of carbonyl (C=O) groups is 3. The van der Waals surface area contributed by atoms with Crippen molar-refractivity contribution >= 4 is 17.9 Å². The standard InChI is InChI=1S/C29H58N4O8/c1-25(2,3)41-24(36)33-29(10,11)39-18-14-28(8,9)40-21-23(35)32-20-22(34)31-16-12-26(4,5)37-17-13-27(6,7)38-19-15-30/h12-21,30H2,1-11H3,(H,31,34)(H,32,35)(H,33,36). The first kappa shape index (κ1) is 39.0. The fourth-order valence-corrected chi connectivity index (χ4v) is 3.32. The summed E-state index contributed by atoms with van der Waals surface area (Å²) in [4.78, 5) is 36.4. The van der Waals surface area contributed by atoms with Crippen LogP contribution in [0, 0.1) is 0 Å². The number of hydrogen-bond acceptors (Lipinski definition) is 9. The zero-order valence-electron chi connectivity index (χ0n) is 27.4. The molecular weight excluding hydrogens is 532 g/mol. The van der Waals surface area contributed by atoms with Crippen LogP contribution >= 0.6 is 0 Å². The van der Waals surface area contributed by atoms with Gasteiger partial charge in [-0.25, -0.2) is 4.79 Å². The molecule has 0 aliphatic rings. The highest BCUT2D eigenvalue weighted by molar-refractivity contribution is 5.85. The van der Waals surface area contributed by atoms with E-state index in [4.69, 9.17) is 29.4 Å². The summed E-state index contributed by atoms with van der Waals surface area (Å²) in [6.45, 7) is 22.3. The second kappa shape index (κ2) is 17.2. The molecule has 0 aromatic rings. The van der Waals surface area contributed by atoms with Crippen LogP contribution in [-0.4, -0.2) is 92.1 Å². The van der Waals surface area contributed by atoms with Gasteiger partial charge in [-0.2, -0.15) is 0 Å². The molecule has 0 atom stereocenters. The molecule has 0 aliphatic carbocycles. The van der Waals surface area contributed by atoms with Gasteiger partial charge in [-0.1, -0.05) is 0 Å². The smallest absolute Gasteiger partial charge is 0.409 e. The van der Waals surface area contributed by atoms with Gasteiger partial charge in [0.15, 0.2) is 0 Å².